The minimum absolute atomic E-state index is 0. The monoisotopic (exact) mass is 570 g/mol. The van der Waals surface area contributed by atoms with Crippen molar-refractivity contribution in [2.45, 2.75) is 46.2 Å². The van der Waals surface area contributed by atoms with Crippen molar-refractivity contribution in [1.82, 2.24) is 20.5 Å². The summed E-state index contributed by atoms with van der Waals surface area (Å²) in [4.78, 5) is 24.3. The standard InChI is InChI=1S/C23H34N6OS.HI/c1-3-25-23(26-10-9-21-27-13-17(2)31-21)28-14-18-6-4-7-19(12-18)15-29-11-5-8-20(16-29)22(24)30;/h4,6-7,12-13,20H,3,5,8-11,14-16H2,1-2H3,(H2,24,30)(H2,25,26,28);1H. The molecule has 1 atom stereocenters. The lowest BCUT2D eigenvalue weighted by atomic mass is 9.97. The van der Waals surface area contributed by atoms with E-state index in [1.54, 1.807) is 11.3 Å². The zero-order valence-corrected chi connectivity index (χ0v) is 22.1. The second kappa shape index (κ2) is 13.7. The second-order valence-electron chi connectivity index (χ2n) is 8.03. The molecule has 0 radical (unpaired) electrons. The summed E-state index contributed by atoms with van der Waals surface area (Å²) in [5, 5.41) is 7.85. The predicted molar refractivity (Wildman–Crippen MR) is 142 cm³/mol. The van der Waals surface area contributed by atoms with Crippen LogP contribution in [0, 0.1) is 12.8 Å². The Hall–Kier alpha value is -1.72. The summed E-state index contributed by atoms with van der Waals surface area (Å²) in [5.74, 6) is 0.617. The average Bonchev–Trinajstić information content (AvgIpc) is 3.17. The lowest BCUT2D eigenvalue weighted by Gasteiger charge is -2.31. The number of benzene rings is 1. The SMILES string of the molecule is CCNC(=NCc1cccc(CN2CCCC(C(N)=O)C2)c1)NCCc1ncc(C)s1.I. The molecule has 1 aliphatic heterocycles. The summed E-state index contributed by atoms with van der Waals surface area (Å²) in [6.45, 7) is 8.99. The number of carbonyl (C=O) groups excluding carboxylic acids is 1. The highest BCUT2D eigenvalue weighted by Crippen LogP contribution is 2.19. The molecule has 0 saturated carbocycles. The van der Waals surface area contributed by atoms with Crippen molar-refractivity contribution in [2.24, 2.45) is 16.6 Å². The number of primary amides is 1. The zero-order valence-electron chi connectivity index (χ0n) is 19.0. The van der Waals surface area contributed by atoms with Crippen LogP contribution in [0.1, 0.15) is 40.8 Å². The first kappa shape index (κ1) is 26.5. The van der Waals surface area contributed by atoms with Gasteiger partial charge in [-0.3, -0.25) is 9.69 Å². The first-order chi connectivity index (χ1) is 15.0. The number of nitrogens with zero attached hydrogens (tertiary/aromatic N) is 3. The van der Waals surface area contributed by atoms with Gasteiger partial charge in [0.2, 0.25) is 5.91 Å². The van der Waals surface area contributed by atoms with Crippen LogP contribution in [-0.2, 0) is 24.3 Å². The van der Waals surface area contributed by atoms with Crippen molar-refractivity contribution in [3.05, 3.63) is 51.5 Å². The summed E-state index contributed by atoms with van der Waals surface area (Å²) in [6, 6.07) is 8.54. The molecule has 1 aromatic carbocycles. The number of aryl methyl sites for hydroxylation is 1. The van der Waals surface area contributed by atoms with Gasteiger partial charge in [-0.2, -0.15) is 0 Å². The van der Waals surface area contributed by atoms with Crippen LogP contribution in [0.25, 0.3) is 0 Å². The number of amides is 1. The van der Waals surface area contributed by atoms with E-state index in [-0.39, 0.29) is 35.8 Å². The van der Waals surface area contributed by atoms with Crippen LogP contribution >= 0.6 is 35.3 Å². The maximum Gasteiger partial charge on any atom is 0.221 e. The molecule has 32 heavy (non-hydrogen) atoms. The van der Waals surface area contributed by atoms with Crippen LogP contribution in [-0.4, -0.2) is 47.9 Å². The fourth-order valence-electron chi connectivity index (χ4n) is 3.83. The molecule has 7 nitrogen and oxygen atoms in total. The number of halogens is 1. The number of likely N-dealkylation sites (tertiary alicyclic amines) is 1. The van der Waals surface area contributed by atoms with Crippen molar-refractivity contribution in [1.29, 1.82) is 0 Å². The number of thiazole rings is 1. The summed E-state index contributed by atoms with van der Waals surface area (Å²) in [6.07, 6.45) is 4.74. The first-order valence-corrected chi connectivity index (χ1v) is 11.9. The van der Waals surface area contributed by atoms with Crippen LogP contribution in [0.2, 0.25) is 0 Å². The number of hydrogen-bond donors (Lipinski definition) is 3. The van der Waals surface area contributed by atoms with Gasteiger partial charge in [0.25, 0.3) is 0 Å². The Morgan fingerprint density at radius 2 is 2.16 bits per heavy atom. The van der Waals surface area contributed by atoms with E-state index >= 15 is 0 Å². The highest BCUT2D eigenvalue weighted by atomic mass is 127. The minimum atomic E-state index is -0.179. The lowest BCUT2D eigenvalue weighted by Crippen LogP contribution is -2.40. The number of piperidine rings is 1. The van der Waals surface area contributed by atoms with Crippen LogP contribution < -0.4 is 16.4 Å². The van der Waals surface area contributed by atoms with Crippen molar-refractivity contribution < 1.29 is 4.79 Å². The normalized spacial score (nSPS) is 16.9. The molecule has 1 amide bonds. The van der Waals surface area contributed by atoms with E-state index in [0.29, 0.717) is 6.54 Å². The van der Waals surface area contributed by atoms with E-state index < -0.39 is 0 Å². The summed E-state index contributed by atoms with van der Waals surface area (Å²) in [7, 11) is 0. The third-order valence-corrected chi connectivity index (χ3v) is 6.34. The van der Waals surface area contributed by atoms with E-state index in [4.69, 9.17) is 10.7 Å². The molecule has 2 heterocycles. The number of aliphatic imine (C=N–C) groups is 1. The van der Waals surface area contributed by atoms with Gasteiger partial charge in [-0.25, -0.2) is 9.98 Å². The molecule has 1 fully saturated rings. The number of nitrogens with two attached hydrogens (primary N) is 1. The van der Waals surface area contributed by atoms with Gasteiger partial charge in [0.05, 0.1) is 17.5 Å². The zero-order chi connectivity index (χ0) is 22.1. The Morgan fingerprint density at radius 3 is 2.88 bits per heavy atom. The highest BCUT2D eigenvalue weighted by molar-refractivity contribution is 14.0. The molecule has 0 bridgehead atoms. The molecule has 176 valence electrons. The Bertz CT molecular complexity index is 887. The second-order valence-corrected chi connectivity index (χ2v) is 9.35. The largest absolute Gasteiger partial charge is 0.369 e. The first-order valence-electron chi connectivity index (χ1n) is 11.1. The quantitative estimate of drug-likeness (QED) is 0.245. The van der Waals surface area contributed by atoms with Crippen LogP contribution in [0.15, 0.2) is 35.5 Å². The van der Waals surface area contributed by atoms with E-state index in [1.165, 1.54) is 16.0 Å². The lowest BCUT2D eigenvalue weighted by molar-refractivity contribution is -0.123. The fraction of sp³-hybridized carbons (Fsp3) is 0.522. The number of aromatic nitrogens is 1. The number of rotatable bonds is 9. The summed E-state index contributed by atoms with van der Waals surface area (Å²) >= 11 is 1.74. The van der Waals surface area contributed by atoms with Crippen LogP contribution in [0.5, 0.6) is 0 Å². The maximum atomic E-state index is 11.5. The van der Waals surface area contributed by atoms with Gasteiger partial charge >= 0.3 is 0 Å². The number of hydrogen-bond acceptors (Lipinski definition) is 5. The summed E-state index contributed by atoms with van der Waals surface area (Å²) < 4.78 is 0. The smallest absolute Gasteiger partial charge is 0.221 e. The third kappa shape index (κ3) is 8.67. The Kier molecular flexibility index (Phi) is 11.4. The number of nitrogens with one attached hydrogen (secondary N) is 2. The molecule has 1 aliphatic rings. The molecule has 1 unspecified atom stereocenters. The molecule has 2 aromatic rings. The van der Waals surface area contributed by atoms with Gasteiger partial charge in [0, 0.05) is 43.7 Å². The van der Waals surface area contributed by atoms with Gasteiger partial charge in [-0.05, 0) is 44.4 Å². The Balaban J connectivity index is 0.00000363. The molecule has 0 spiro atoms. The predicted octanol–water partition coefficient (Wildman–Crippen LogP) is 3.06. The third-order valence-electron chi connectivity index (χ3n) is 5.37. The van der Waals surface area contributed by atoms with E-state index in [1.807, 2.05) is 6.20 Å². The molecule has 0 aliphatic carbocycles. The van der Waals surface area contributed by atoms with E-state index in [9.17, 15) is 4.79 Å². The highest BCUT2D eigenvalue weighted by Gasteiger charge is 2.23. The van der Waals surface area contributed by atoms with Gasteiger partial charge in [-0.15, -0.1) is 35.3 Å². The van der Waals surface area contributed by atoms with Gasteiger partial charge in [-0.1, -0.05) is 24.3 Å². The molecule has 4 N–H and O–H groups in total. The molecule has 3 rings (SSSR count). The molecule has 9 heteroatoms. The summed E-state index contributed by atoms with van der Waals surface area (Å²) in [5.41, 5.74) is 7.93. The number of guanidine groups is 1. The van der Waals surface area contributed by atoms with E-state index in [2.05, 4.69) is 58.6 Å². The van der Waals surface area contributed by atoms with E-state index in [0.717, 1.165) is 63.0 Å². The number of carbonyl (C=O) groups is 1. The molecule has 1 aromatic heterocycles. The van der Waals surface area contributed by atoms with Crippen LogP contribution in [0.3, 0.4) is 0 Å². The van der Waals surface area contributed by atoms with Crippen molar-refractivity contribution in [3.8, 4) is 0 Å². The van der Waals surface area contributed by atoms with Gasteiger partial charge in [0.1, 0.15) is 0 Å². The maximum absolute atomic E-state index is 11.5. The van der Waals surface area contributed by atoms with Crippen LogP contribution in [0.4, 0.5) is 0 Å². The Labute approximate surface area is 212 Å². The Morgan fingerprint density at radius 1 is 1.34 bits per heavy atom. The van der Waals surface area contributed by atoms with Gasteiger partial charge in [0.15, 0.2) is 5.96 Å². The minimum Gasteiger partial charge on any atom is -0.369 e. The molecule has 1 saturated heterocycles. The molecular formula is C23H35IN6OS. The van der Waals surface area contributed by atoms with Crippen molar-refractivity contribution >= 4 is 47.2 Å². The fourth-order valence-corrected chi connectivity index (χ4v) is 4.62. The van der Waals surface area contributed by atoms with Crippen molar-refractivity contribution in [2.75, 3.05) is 26.2 Å². The van der Waals surface area contributed by atoms with Crippen molar-refractivity contribution in [3.63, 3.8) is 0 Å². The molecular weight excluding hydrogens is 535 g/mol. The van der Waals surface area contributed by atoms with Gasteiger partial charge < -0.3 is 16.4 Å². The topological polar surface area (TPSA) is 95.6 Å². The average molecular weight is 571 g/mol.